The van der Waals surface area contributed by atoms with Crippen LogP contribution >= 0.6 is 23.2 Å². The van der Waals surface area contributed by atoms with E-state index in [1.165, 1.54) is 0 Å². The second-order valence-electron chi connectivity index (χ2n) is 8.10. The average molecular weight is 477 g/mol. The zero-order chi connectivity index (χ0) is 22.9. The molecule has 5 nitrogen and oxygen atoms in total. The molecule has 0 radical (unpaired) electrons. The normalized spacial score (nSPS) is 14.7. The first kappa shape index (κ1) is 24.4. The molecular weight excluding hydrogens is 447 g/mol. The highest BCUT2D eigenvalue weighted by molar-refractivity contribution is 6.35. The quantitative estimate of drug-likeness (QED) is 0.507. The molecule has 0 aliphatic heterocycles. The second kappa shape index (κ2) is 12.1. The van der Waals surface area contributed by atoms with Gasteiger partial charge in [0.25, 0.3) is 5.91 Å². The van der Waals surface area contributed by atoms with Gasteiger partial charge in [-0.3, -0.25) is 9.59 Å². The Bertz CT molecular complexity index is 901. The van der Waals surface area contributed by atoms with E-state index >= 15 is 0 Å². The third kappa shape index (κ3) is 6.88. The molecule has 1 fully saturated rings. The van der Waals surface area contributed by atoms with E-state index < -0.39 is 6.04 Å². The van der Waals surface area contributed by atoms with Crippen LogP contribution in [0.25, 0.3) is 0 Å². The smallest absolute Gasteiger partial charge is 0.261 e. The fourth-order valence-electron chi connectivity index (χ4n) is 4.08. The summed E-state index contributed by atoms with van der Waals surface area (Å²) < 4.78 is 5.68. The minimum Gasteiger partial charge on any atom is -0.482 e. The molecule has 0 spiro atoms. The van der Waals surface area contributed by atoms with Crippen LogP contribution in [0.4, 0.5) is 0 Å². The first-order valence-electron chi connectivity index (χ1n) is 11.2. The highest BCUT2D eigenvalue weighted by Crippen LogP contribution is 2.27. The van der Waals surface area contributed by atoms with Crippen LogP contribution in [0.15, 0.2) is 48.5 Å². The molecule has 0 aromatic heterocycles. The van der Waals surface area contributed by atoms with Gasteiger partial charge in [-0.15, -0.1) is 0 Å². The molecule has 2 amide bonds. The van der Waals surface area contributed by atoms with Gasteiger partial charge in [-0.2, -0.15) is 0 Å². The highest BCUT2D eigenvalue weighted by atomic mass is 35.5. The van der Waals surface area contributed by atoms with Gasteiger partial charge in [-0.25, -0.2) is 0 Å². The number of ether oxygens (including phenoxy) is 1. The third-order valence-electron chi connectivity index (χ3n) is 5.82. The average Bonchev–Trinajstić information content (AvgIpc) is 3.29. The van der Waals surface area contributed by atoms with Gasteiger partial charge < -0.3 is 15.0 Å². The monoisotopic (exact) mass is 476 g/mol. The van der Waals surface area contributed by atoms with Gasteiger partial charge >= 0.3 is 0 Å². The zero-order valence-corrected chi connectivity index (χ0v) is 19.9. The predicted octanol–water partition coefficient (Wildman–Crippen LogP) is 5.28. The van der Waals surface area contributed by atoms with Crippen molar-refractivity contribution in [2.24, 2.45) is 0 Å². The largest absolute Gasteiger partial charge is 0.482 e. The lowest BCUT2D eigenvalue weighted by Crippen LogP contribution is -2.52. The fraction of sp³-hybridized carbons (Fsp3) is 0.440. The number of hydrogen-bond acceptors (Lipinski definition) is 3. The van der Waals surface area contributed by atoms with E-state index in [0.29, 0.717) is 35.2 Å². The summed E-state index contributed by atoms with van der Waals surface area (Å²) in [6.07, 6.45) is 5.45. The standard InChI is InChI=1S/C25H30Cl2N2O3/c1-2-22(25(31)28-20-10-6-7-11-20)29(15-14-18-8-4-3-5-9-18)24(30)17-32-23-13-12-19(26)16-21(23)27/h3-5,8-9,12-13,16,20,22H,2,6-7,10-11,14-15,17H2,1H3,(H,28,31)/t22-/m1/s1. The summed E-state index contributed by atoms with van der Waals surface area (Å²) in [7, 11) is 0. The van der Waals surface area contributed by atoms with Crippen LogP contribution in [0.2, 0.25) is 10.0 Å². The number of carbonyl (C=O) groups is 2. The summed E-state index contributed by atoms with van der Waals surface area (Å²) >= 11 is 12.1. The van der Waals surface area contributed by atoms with Crippen molar-refractivity contribution in [1.82, 2.24) is 10.2 Å². The molecule has 7 heteroatoms. The van der Waals surface area contributed by atoms with Crippen molar-refractivity contribution in [2.45, 2.75) is 57.5 Å². The second-order valence-corrected chi connectivity index (χ2v) is 8.94. The summed E-state index contributed by atoms with van der Waals surface area (Å²) in [6, 6.07) is 14.5. The lowest BCUT2D eigenvalue weighted by molar-refractivity contribution is -0.142. The molecule has 0 saturated heterocycles. The molecule has 0 unspecified atom stereocenters. The van der Waals surface area contributed by atoms with Gasteiger partial charge in [0.05, 0.1) is 5.02 Å². The molecule has 2 aromatic rings. The van der Waals surface area contributed by atoms with Crippen molar-refractivity contribution >= 4 is 35.0 Å². The van der Waals surface area contributed by atoms with Crippen LogP contribution < -0.4 is 10.1 Å². The Morgan fingerprint density at radius 1 is 1.12 bits per heavy atom. The van der Waals surface area contributed by atoms with Crippen LogP contribution in [0.1, 0.15) is 44.6 Å². The van der Waals surface area contributed by atoms with Crippen molar-refractivity contribution in [1.29, 1.82) is 0 Å². The van der Waals surface area contributed by atoms with Gasteiger partial charge in [-0.1, -0.05) is 73.3 Å². The van der Waals surface area contributed by atoms with E-state index in [0.717, 1.165) is 31.2 Å². The first-order chi connectivity index (χ1) is 15.5. The summed E-state index contributed by atoms with van der Waals surface area (Å²) in [5, 5.41) is 3.98. The maximum atomic E-state index is 13.2. The molecule has 1 aliphatic rings. The molecule has 1 N–H and O–H groups in total. The lowest BCUT2D eigenvalue weighted by Gasteiger charge is -2.31. The molecular formula is C25H30Cl2N2O3. The third-order valence-corrected chi connectivity index (χ3v) is 6.35. The summed E-state index contributed by atoms with van der Waals surface area (Å²) in [5.41, 5.74) is 1.11. The maximum Gasteiger partial charge on any atom is 0.261 e. The van der Waals surface area contributed by atoms with Gasteiger partial charge in [0.15, 0.2) is 6.61 Å². The number of benzene rings is 2. The Morgan fingerprint density at radius 2 is 1.84 bits per heavy atom. The number of nitrogens with one attached hydrogen (secondary N) is 1. The van der Waals surface area contributed by atoms with Crippen molar-refractivity contribution in [3.05, 3.63) is 64.1 Å². The lowest BCUT2D eigenvalue weighted by atomic mass is 10.1. The maximum absolute atomic E-state index is 13.2. The van der Waals surface area contributed by atoms with Crippen LogP contribution in [0.3, 0.4) is 0 Å². The van der Waals surface area contributed by atoms with Crippen molar-refractivity contribution in [2.75, 3.05) is 13.2 Å². The van der Waals surface area contributed by atoms with E-state index in [1.807, 2.05) is 37.3 Å². The topological polar surface area (TPSA) is 58.6 Å². The number of amides is 2. The SMILES string of the molecule is CC[C@H](C(=O)NC1CCCC1)N(CCc1ccccc1)C(=O)COc1ccc(Cl)cc1Cl. The Hall–Kier alpha value is -2.24. The minimum absolute atomic E-state index is 0.0923. The Kier molecular flexibility index (Phi) is 9.24. The number of carbonyl (C=O) groups excluding carboxylic acids is 2. The number of nitrogens with zero attached hydrogens (tertiary/aromatic N) is 1. The Morgan fingerprint density at radius 3 is 2.50 bits per heavy atom. The highest BCUT2D eigenvalue weighted by Gasteiger charge is 2.30. The van der Waals surface area contributed by atoms with E-state index in [9.17, 15) is 9.59 Å². The molecule has 1 atom stereocenters. The number of rotatable bonds is 10. The fourth-order valence-corrected chi connectivity index (χ4v) is 4.54. The summed E-state index contributed by atoms with van der Waals surface area (Å²) in [4.78, 5) is 27.9. The van der Waals surface area contributed by atoms with Gasteiger partial charge in [0.2, 0.25) is 5.91 Å². The van der Waals surface area contributed by atoms with Gasteiger partial charge in [0.1, 0.15) is 11.8 Å². The molecule has 32 heavy (non-hydrogen) atoms. The zero-order valence-electron chi connectivity index (χ0n) is 18.4. The molecule has 172 valence electrons. The molecule has 2 aromatic carbocycles. The number of halogens is 2. The molecule has 0 bridgehead atoms. The van der Waals surface area contributed by atoms with Gasteiger partial charge in [-0.05, 0) is 49.4 Å². The van der Waals surface area contributed by atoms with E-state index in [4.69, 9.17) is 27.9 Å². The minimum atomic E-state index is -0.545. The Balaban J connectivity index is 1.71. The molecule has 1 saturated carbocycles. The van der Waals surface area contributed by atoms with Gasteiger partial charge in [0, 0.05) is 17.6 Å². The van der Waals surface area contributed by atoms with Crippen LogP contribution in [-0.2, 0) is 16.0 Å². The van der Waals surface area contributed by atoms with Crippen molar-refractivity contribution < 1.29 is 14.3 Å². The van der Waals surface area contributed by atoms with Crippen LogP contribution in [0, 0.1) is 0 Å². The van der Waals surface area contributed by atoms with Crippen molar-refractivity contribution in [3.63, 3.8) is 0 Å². The van der Waals surface area contributed by atoms with E-state index in [2.05, 4.69) is 5.32 Å². The molecule has 3 rings (SSSR count). The summed E-state index contributed by atoms with van der Waals surface area (Å²) in [6.45, 7) is 2.15. The Labute approximate surface area is 200 Å². The number of hydrogen-bond donors (Lipinski definition) is 1. The van der Waals surface area contributed by atoms with E-state index in [1.54, 1.807) is 23.1 Å². The molecule has 1 aliphatic carbocycles. The predicted molar refractivity (Wildman–Crippen MR) is 128 cm³/mol. The summed E-state index contributed by atoms with van der Waals surface area (Å²) in [5.74, 6) is 0.0431. The molecule has 0 heterocycles. The first-order valence-corrected chi connectivity index (χ1v) is 11.9. The van der Waals surface area contributed by atoms with Crippen LogP contribution in [0.5, 0.6) is 5.75 Å². The van der Waals surface area contributed by atoms with Crippen LogP contribution in [-0.4, -0.2) is 41.9 Å². The van der Waals surface area contributed by atoms with E-state index in [-0.39, 0.29) is 24.5 Å². The van der Waals surface area contributed by atoms with Crippen molar-refractivity contribution in [3.8, 4) is 5.75 Å².